The lowest BCUT2D eigenvalue weighted by molar-refractivity contribution is -0.137. The largest absolute Gasteiger partial charge is 0.355 e. The number of carbonyl (C=O) groups is 7. The molecule has 1 aliphatic rings. The SMILES string of the molecule is CCCCNC(=O)CNC(=O)C(Cc1ccccc1)NC(=O)CNC(=O)CNC(=O)CCCCCN1C(=O)C=CC1=O. The topological polar surface area (TPSA) is 183 Å². The summed E-state index contributed by atoms with van der Waals surface area (Å²) in [5.74, 6) is -3.07. The number of unbranched alkanes of at least 4 members (excludes halogenated alkanes) is 3. The Kier molecular flexibility index (Phi) is 15.0. The van der Waals surface area contributed by atoms with Gasteiger partial charge in [-0.25, -0.2) is 0 Å². The predicted octanol–water partition coefficient (Wildman–Crippen LogP) is -0.536. The van der Waals surface area contributed by atoms with Crippen molar-refractivity contribution in [1.29, 1.82) is 0 Å². The summed E-state index contributed by atoms with van der Waals surface area (Å²) in [6.45, 7) is 1.84. The minimum atomic E-state index is -0.974. The van der Waals surface area contributed by atoms with E-state index in [-0.39, 0.29) is 49.6 Å². The minimum absolute atomic E-state index is 0.167. The van der Waals surface area contributed by atoms with Gasteiger partial charge >= 0.3 is 0 Å². The Hall–Kier alpha value is -4.55. The number of hydrogen-bond donors (Lipinski definition) is 5. The summed E-state index contributed by atoms with van der Waals surface area (Å²) in [6, 6.07) is 8.07. The van der Waals surface area contributed by atoms with Crippen molar-refractivity contribution in [3.63, 3.8) is 0 Å². The molecule has 42 heavy (non-hydrogen) atoms. The van der Waals surface area contributed by atoms with E-state index in [1.807, 2.05) is 13.0 Å². The van der Waals surface area contributed by atoms with Gasteiger partial charge in [-0.3, -0.25) is 38.5 Å². The van der Waals surface area contributed by atoms with E-state index in [0.717, 1.165) is 23.3 Å². The molecule has 0 bridgehead atoms. The third-order valence-electron chi connectivity index (χ3n) is 6.29. The van der Waals surface area contributed by atoms with Crippen molar-refractivity contribution in [2.75, 3.05) is 32.7 Å². The Labute approximate surface area is 245 Å². The van der Waals surface area contributed by atoms with Gasteiger partial charge in [-0.15, -0.1) is 0 Å². The van der Waals surface area contributed by atoms with Crippen LogP contribution in [0.4, 0.5) is 0 Å². The highest BCUT2D eigenvalue weighted by Gasteiger charge is 2.23. The van der Waals surface area contributed by atoms with Crippen molar-refractivity contribution in [3.05, 3.63) is 48.0 Å². The zero-order valence-corrected chi connectivity index (χ0v) is 23.9. The second-order valence-electron chi connectivity index (χ2n) is 9.76. The molecule has 0 radical (unpaired) electrons. The minimum Gasteiger partial charge on any atom is -0.355 e. The Balaban J connectivity index is 1.69. The molecule has 2 rings (SSSR count). The van der Waals surface area contributed by atoms with Gasteiger partial charge in [0.15, 0.2) is 0 Å². The first-order valence-electron chi connectivity index (χ1n) is 14.1. The maximum atomic E-state index is 12.8. The van der Waals surface area contributed by atoms with Gasteiger partial charge in [-0.2, -0.15) is 0 Å². The van der Waals surface area contributed by atoms with E-state index in [2.05, 4.69) is 26.6 Å². The van der Waals surface area contributed by atoms with E-state index < -0.39 is 30.3 Å². The number of imide groups is 1. The van der Waals surface area contributed by atoms with Crippen LogP contribution < -0.4 is 26.6 Å². The lowest BCUT2D eigenvalue weighted by Crippen LogP contribution is -2.52. The molecule has 0 saturated carbocycles. The summed E-state index contributed by atoms with van der Waals surface area (Å²) >= 11 is 0. The van der Waals surface area contributed by atoms with E-state index in [0.29, 0.717) is 32.4 Å². The number of benzene rings is 1. The predicted molar refractivity (Wildman–Crippen MR) is 153 cm³/mol. The Bertz CT molecular complexity index is 1120. The van der Waals surface area contributed by atoms with E-state index >= 15 is 0 Å². The molecule has 13 nitrogen and oxygen atoms in total. The van der Waals surface area contributed by atoms with Crippen LogP contribution >= 0.6 is 0 Å². The number of hydrogen-bond acceptors (Lipinski definition) is 7. The van der Waals surface area contributed by atoms with Crippen LogP contribution in [0.25, 0.3) is 0 Å². The molecular weight excluding hydrogens is 544 g/mol. The van der Waals surface area contributed by atoms with Crippen LogP contribution in [0, 0.1) is 0 Å². The van der Waals surface area contributed by atoms with Crippen LogP contribution in [0.3, 0.4) is 0 Å². The zero-order valence-electron chi connectivity index (χ0n) is 23.9. The van der Waals surface area contributed by atoms with E-state index in [1.54, 1.807) is 24.3 Å². The smallest absolute Gasteiger partial charge is 0.253 e. The van der Waals surface area contributed by atoms with E-state index in [9.17, 15) is 33.6 Å². The summed E-state index contributed by atoms with van der Waals surface area (Å²) in [6.07, 6.45) is 6.26. The molecule has 0 spiro atoms. The van der Waals surface area contributed by atoms with Crippen LogP contribution in [-0.2, 0) is 40.0 Å². The molecule has 228 valence electrons. The quantitative estimate of drug-likeness (QED) is 0.107. The molecule has 1 aromatic carbocycles. The standard InChI is InChI=1S/C29H40N6O7/c1-2-3-15-30-24(37)19-33-29(42)22(17-21-10-6-4-7-11-21)34-26(39)20-32-25(38)18-31-23(36)12-8-5-9-16-35-27(40)13-14-28(35)41/h4,6-7,10-11,13-14,22H,2-3,5,8-9,12,15-20H2,1H3,(H,30,37)(H,31,36)(H,32,38)(H,33,42)(H,34,39). The molecule has 5 N–H and O–H groups in total. The summed E-state index contributed by atoms with van der Waals surface area (Å²) in [4.78, 5) is 85.5. The van der Waals surface area contributed by atoms with Crippen LogP contribution in [0.1, 0.15) is 51.0 Å². The molecule has 1 heterocycles. The van der Waals surface area contributed by atoms with Crippen molar-refractivity contribution in [3.8, 4) is 0 Å². The number of rotatable bonds is 19. The lowest BCUT2D eigenvalue weighted by atomic mass is 10.1. The summed E-state index contributed by atoms with van der Waals surface area (Å²) in [5, 5.41) is 12.7. The Morgan fingerprint density at radius 2 is 1.33 bits per heavy atom. The number of carbonyl (C=O) groups excluding carboxylic acids is 7. The maximum absolute atomic E-state index is 12.8. The van der Waals surface area contributed by atoms with Gasteiger partial charge in [0, 0.05) is 38.1 Å². The fraction of sp³-hybridized carbons (Fsp3) is 0.483. The molecule has 1 aliphatic heterocycles. The van der Waals surface area contributed by atoms with Gasteiger partial charge in [0.2, 0.25) is 29.5 Å². The van der Waals surface area contributed by atoms with Crippen molar-refractivity contribution in [2.45, 2.75) is 57.9 Å². The molecule has 1 atom stereocenters. The first-order chi connectivity index (χ1) is 20.2. The monoisotopic (exact) mass is 584 g/mol. The van der Waals surface area contributed by atoms with Gasteiger partial charge in [0.1, 0.15) is 6.04 Å². The fourth-order valence-corrected chi connectivity index (χ4v) is 3.95. The van der Waals surface area contributed by atoms with Gasteiger partial charge < -0.3 is 26.6 Å². The number of nitrogens with zero attached hydrogens (tertiary/aromatic N) is 1. The van der Waals surface area contributed by atoms with E-state index in [1.165, 1.54) is 12.2 Å². The lowest BCUT2D eigenvalue weighted by Gasteiger charge is -2.19. The summed E-state index contributed by atoms with van der Waals surface area (Å²) in [5.41, 5.74) is 0.798. The summed E-state index contributed by atoms with van der Waals surface area (Å²) < 4.78 is 0. The molecule has 0 aliphatic carbocycles. The van der Waals surface area contributed by atoms with Gasteiger partial charge in [0.05, 0.1) is 19.6 Å². The van der Waals surface area contributed by atoms with Gasteiger partial charge in [-0.1, -0.05) is 50.1 Å². The van der Waals surface area contributed by atoms with Crippen molar-refractivity contribution < 1.29 is 33.6 Å². The molecule has 1 unspecified atom stereocenters. The Morgan fingerprint density at radius 1 is 0.714 bits per heavy atom. The summed E-state index contributed by atoms with van der Waals surface area (Å²) in [7, 11) is 0. The molecule has 0 fully saturated rings. The highest BCUT2D eigenvalue weighted by Crippen LogP contribution is 2.08. The highest BCUT2D eigenvalue weighted by atomic mass is 16.2. The second kappa shape index (κ2) is 18.7. The molecule has 7 amide bonds. The van der Waals surface area contributed by atoms with Crippen LogP contribution in [0.5, 0.6) is 0 Å². The average molecular weight is 585 g/mol. The van der Waals surface area contributed by atoms with Crippen LogP contribution in [-0.4, -0.2) is 85.0 Å². The third kappa shape index (κ3) is 13.2. The van der Waals surface area contributed by atoms with Gasteiger partial charge in [-0.05, 0) is 24.8 Å². The fourth-order valence-electron chi connectivity index (χ4n) is 3.95. The Morgan fingerprint density at radius 3 is 2.02 bits per heavy atom. The third-order valence-corrected chi connectivity index (χ3v) is 6.29. The maximum Gasteiger partial charge on any atom is 0.253 e. The number of nitrogens with one attached hydrogen (secondary N) is 5. The first-order valence-corrected chi connectivity index (χ1v) is 14.1. The molecule has 1 aromatic rings. The normalized spacial score (nSPS) is 12.9. The van der Waals surface area contributed by atoms with Crippen LogP contribution in [0.15, 0.2) is 42.5 Å². The first kappa shape index (κ1) is 33.7. The molecule has 0 saturated heterocycles. The highest BCUT2D eigenvalue weighted by molar-refractivity contribution is 6.12. The molecule has 13 heteroatoms. The molecule has 0 aromatic heterocycles. The zero-order chi connectivity index (χ0) is 30.7. The second-order valence-corrected chi connectivity index (χ2v) is 9.76. The van der Waals surface area contributed by atoms with Crippen molar-refractivity contribution in [2.24, 2.45) is 0 Å². The van der Waals surface area contributed by atoms with Crippen LogP contribution in [0.2, 0.25) is 0 Å². The number of amides is 7. The molecular formula is C29H40N6O7. The van der Waals surface area contributed by atoms with Crippen molar-refractivity contribution in [1.82, 2.24) is 31.5 Å². The van der Waals surface area contributed by atoms with Crippen molar-refractivity contribution >= 4 is 41.4 Å². The van der Waals surface area contributed by atoms with E-state index in [4.69, 9.17) is 0 Å². The van der Waals surface area contributed by atoms with Gasteiger partial charge in [0.25, 0.3) is 11.8 Å². The average Bonchev–Trinajstić information content (AvgIpc) is 3.30.